The van der Waals surface area contributed by atoms with Crippen LogP contribution in [0.2, 0.25) is 0 Å². The van der Waals surface area contributed by atoms with Gasteiger partial charge in [-0.25, -0.2) is 0 Å². The molecule has 2 N–H and O–H groups in total. The number of aromatic amines is 1. The summed E-state index contributed by atoms with van der Waals surface area (Å²) in [6.07, 6.45) is 1.91. The van der Waals surface area contributed by atoms with Gasteiger partial charge < -0.3 is 24.7 Å². The number of likely N-dealkylation sites (N-methyl/N-ethyl adjacent to an activating group) is 1. The molecule has 2 heterocycles. The highest BCUT2D eigenvalue weighted by Crippen LogP contribution is 2.32. The summed E-state index contributed by atoms with van der Waals surface area (Å²) in [5.74, 6) is 0.804. The number of carbonyl (C=O) groups is 2. The minimum atomic E-state index is -0.797. The van der Waals surface area contributed by atoms with Gasteiger partial charge in [0.25, 0.3) is 11.8 Å². The number of methoxy groups -OCH3 is 1. The van der Waals surface area contributed by atoms with Crippen LogP contribution < -0.4 is 19.7 Å². The number of ether oxygens (including phenoxy) is 2. The van der Waals surface area contributed by atoms with Crippen molar-refractivity contribution >= 4 is 28.4 Å². The lowest BCUT2D eigenvalue weighted by atomic mass is 10.0. The van der Waals surface area contributed by atoms with Gasteiger partial charge in [0.15, 0.2) is 0 Å². The quantitative estimate of drug-likeness (QED) is 0.502. The summed E-state index contributed by atoms with van der Waals surface area (Å²) in [4.78, 5) is 30.8. The maximum atomic E-state index is 13.1. The van der Waals surface area contributed by atoms with Gasteiger partial charge in [-0.1, -0.05) is 24.3 Å². The summed E-state index contributed by atoms with van der Waals surface area (Å²) in [6, 6.07) is 19.7. The van der Waals surface area contributed by atoms with Gasteiger partial charge in [0.1, 0.15) is 24.1 Å². The lowest BCUT2D eigenvalue weighted by Crippen LogP contribution is -2.49. The summed E-state index contributed by atoms with van der Waals surface area (Å²) in [5, 5.41) is 3.75. The molecule has 4 aromatic rings. The third kappa shape index (κ3) is 3.78. The van der Waals surface area contributed by atoms with Crippen LogP contribution in [-0.2, 0) is 4.79 Å². The highest BCUT2D eigenvalue weighted by atomic mass is 16.5. The largest absolute Gasteiger partial charge is 0.497 e. The van der Waals surface area contributed by atoms with E-state index in [0.29, 0.717) is 17.0 Å². The molecule has 166 valence electrons. The van der Waals surface area contributed by atoms with Crippen LogP contribution in [0.4, 0.5) is 5.69 Å². The van der Waals surface area contributed by atoms with E-state index in [0.717, 1.165) is 27.8 Å². The van der Waals surface area contributed by atoms with Crippen molar-refractivity contribution < 1.29 is 19.1 Å². The Labute approximate surface area is 190 Å². The highest BCUT2D eigenvalue weighted by molar-refractivity contribution is 6.06. The Kier molecular flexibility index (Phi) is 5.22. The van der Waals surface area contributed by atoms with E-state index in [1.54, 1.807) is 20.2 Å². The van der Waals surface area contributed by atoms with Crippen LogP contribution in [0.25, 0.3) is 22.0 Å². The van der Waals surface area contributed by atoms with Crippen LogP contribution in [0.1, 0.15) is 10.4 Å². The monoisotopic (exact) mass is 441 g/mol. The van der Waals surface area contributed by atoms with Crippen LogP contribution in [-0.4, -0.2) is 43.6 Å². The maximum Gasteiger partial charge on any atom is 0.252 e. The van der Waals surface area contributed by atoms with Crippen molar-refractivity contribution in [3.8, 4) is 22.6 Å². The van der Waals surface area contributed by atoms with Gasteiger partial charge in [0.2, 0.25) is 0 Å². The highest BCUT2D eigenvalue weighted by Gasteiger charge is 2.30. The maximum absolute atomic E-state index is 13.1. The molecule has 33 heavy (non-hydrogen) atoms. The van der Waals surface area contributed by atoms with E-state index in [-0.39, 0.29) is 18.4 Å². The molecule has 1 aliphatic rings. The second-order valence-electron chi connectivity index (χ2n) is 7.90. The van der Waals surface area contributed by atoms with Crippen LogP contribution in [0.3, 0.4) is 0 Å². The second kappa shape index (κ2) is 8.35. The first-order valence-corrected chi connectivity index (χ1v) is 10.6. The van der Waals surface area contributed by atoms with E-state index in [2.05, 4.69) is 10.3 Å². The lowest BCUT2D eigenvalue weighted by Gasteiger charge is -2.20. The summed E-state index contributed by atoms with van der Waals surface area (Å²) >= 11 is 0. The molecule has 1 aromatic heterocycles. The zero-order valence-corrected chi connectivity index (χ0v) is 18.3. The number of anilines is 1. The third-order valence-corrected chi connectivity index (χ3v) is 5.89. The Bertz CT molecular complexity index is 1360. The van der Waals surface area contributed by atoms with Gasteiger partial charge in [-0.2, -0.15) is 0 Å². The Hall–Kier alpha value is -4.26. The van der Waals surface area contributed by atoms with Crippen LogP contribution in [0.15, 0.2) is 72.9 Å². The molecule has 0 fully saturated rings. The fourth-order valence-electron chi connectivity index (χ4n) is 4.09. The zero-order valence-electron chi connectivity index (χ0n) is 18.3. The van der Waals surface area contributed by atoms with Crippen LogP contribution in [0, 0.1) is 0 Å². The summed E-state index contributed by atoms with van der Waals surface area (Å²) < 4.78 is 11.1. The Morgan fingerprint density at radius 3 is 2.82 bits per heavy atom. The summed E-state index contributed by atoms with van der Waals surface area (Å²) in [6.45, 7) is 0.0629. The van der Waals surface area contributed by atoms with Crippen LogP contribution >= 0.6 is 0 Å². The van der Waals surface area contributed by atoms with Gasteiger partial charge in [-0.3, -0.25) is 9.59 Å². The predicted molar refractivity (Wildman–Crippen MR) is 127 cm³/mol. The number of H-pyrrole nitrogens is 1. The molecule has 0 unspecified atom stereocenters. The normalized spacial score (nSPS) is 15.5. The second-order valence-corrected chi connectivity index (χ2v) is 7.90. The summed E-state index contributed by atoms with van der Waals surface area (Å²) in [5.41, 5.74) is 3.99. The van der Waals surface area contributed by atoms with Gasteiger partial charge >= 0.3 is 0 Å². The Morgan fingerprint density at radius 1 is 1.12 bits per heavy atom. The van der Waals surface area contributed by atoms with Gasteiger partial charge in [-0.15, -0.1) is 0 Å². The first kappa shape index (κ1) is 20.6. The standard InChI is InChI=1S/C26H23N3O4/c1-29-23-8-3-4-9-24(23)33-15-22(26(29)31)28-25(30)17-10-11-21-19(13-17)20(14-27-21)16-6-5-7-18(12-16)32-2/h3-14,22,27H,15H2,1-2H3,(H,28,30)/t22-/m0/s1. The van der Waals surface area contributed by atoms with E-state index in [1.807, 2.05) is 66.9 Å². The average Bonchev–Trinajstić information content (AvgIpc) is 3.24. The smallest absolute Gasteiger partial charge is 0.252 e. The van der Waals surface area contributed by atoms with Crippen molar-refractivity contribution in [2.45, 2.75) is 6.04 Å². The first-order valence-electron chi connectivity index (χ1n) is 10.6. The number of rotatable bonds is 4. The fraction of sp³-hybridized carbons (Fsp3) is 0.154. The molecule has 7 nitrogen and oxygen atoms in total. The number of amides is 2. The van der Waals surface area contributed by atoms with Crippen molar-refractivity contribution in [3.63, 3.8) is 0 Å². The van der Waals surface area contributed by atoms with Gasteiger partial charge in [0, 0.05) is 35.3 Å². The SMILES string of the molecule is COc1cccc(-c2c[nH]c3ccc(C(=O)N[C@H]4COc5ccccc5N(C)C4=O)cc23)c1. The molecular formula is C26H23N3O4. The molecule has 0 radical (unpaired) electrons. The molecule has 7 heteroatoms. The Morgan fingerprint density at radius 2 is 1.97 bits per heavy atom. The topological polar surface area (TPSA) is 83.7 Å². The van der Waals surface area contributed by atoms with Crippen molar-refractivity contribution in [1.29, 1.82) is 0 Å². The number of carbonyl (C=O) groups excluding carboxylic acids is 2. The van der Waals surface area contributed by atoms with Crippen molar-refractivity contribution in [2.24, 2.45) is 0 Å². The minimum absolute atomic E-state index is 0.0629. The summed E-state index contributed by atoms with van der Waals surface area (Å²) in [7, 11) is 3.31. The molecule has 3 aromatic carbocycles. The molecule has 5 rings (SSSR count). The third-order valence-electron chi connectivity index (χ3n) is 5.89. The van der Waals surface area contributed by atoms with Gasteiger partial charge in [-0.05, 0) is 48.0 Å². The fourth-order valence-corrected chi connectivity index (χ4v) is 4.09. The van der Waals surface area contributed by atoms with E-state index < -0.39 is 6.04 Å². The number of nitrogens with zero attached hydrogens (tertiary/aromatic N) is 1. The molecule has 1 aliphatic heterocycles. The van der Waals surface area contributed by atoms with Crippen molar-refractivity contribution in [3.05, 3.63) is 78.5 Å². The predicted octanol–water partition coefficient (Wildman–Crippen LogP) is 4.00. The molecule has 1 atom stereocenters. The molecule has 0 aliphatic carbocycles. The van der Waals surface area contributed by atoms with Crippen LogP contribution in [0.5, 0.6) is 11.5 Å². The molecule has 0 bridgehead atoms. The lowest BCUT2D eigenvalue weighted by molar-refractivity contribution is -0.120. The zero-order chi connectivity index (χ0) is 22.9. The average molecular weight is 441 g/mol. The Balaban J connectivity index is 1.41. The minimum Gasteiger partial charge on any atom is -0.497 e. The number of hydrogen-bond acceptors (Lipinski definition) is 4. The molecular weight excluding hydrogens is 418 g/mol. The number of para-hydroxylation sites is 2. The molecule has 0 saturated carbocycles. The van der Waals surface area contributed by atoms with E-state index >= 15 is 0 Å². The number of aromatic nitrogens is 1. The first-order chi connectivity index (χ1) is 16.0. The number of benzene rings is 3. The van der Waals surface area contributed by atoms with E-state index in [1.165, 1.54) is 4.90 Å². The number of fused-ring (bicyclic) bond motifs is 2. The van der Waals surface area contributed by atoms with Gasteiger partial charge in [0.05, 0.1) is 12.8 Å². The number of nitrogens with one attached hydrogen (secondary N) is 2. The number of hydrogen-bond donors (Lipinski definition) is 2. The molecule has 2 amide bonds. The molecule has 0 saturated heterocycles. The molecule has 0 spiro atoms. The van der Waals surface area contributed by atoms with E-state index in [4.69, 9.17) is 9.47 Å². The van der Waals surface area contributed by atoms with Crippen molar-refractivity contribution in [1.82, 2.24) is 10.3 Å². The van der Waals surface area contributed by atoms with E-state index in [9.17, 15) is 9.59 Å². The van der Waals surface area contributed by atoms with Crippen molar-refractivity contribution in [2.75, 3.05) is 25.7 Å².